The molecule has 0 fully saturated rings. The Balaban J connectivity index is 2.14. The molecular formula is C18H17F3O3. The van der Waals surface area contributed by atoms with Crippen LogP contribution in [0.1, 0.15) is 27.9 Å². The first kappa shape index (κ1) is 17.8. The maximum atomic E-state index is 12.7. The van der Waals surface area contributed by atoms with E-state index in [1.54, 1.807) is 24.3 Å². The third-order valence-electron chi connectivity index (χ3n) is 3.60. The first-order chi connectivity index (χ1) is 11.3. The molecule has 0 amide bonds. The average molecular weight is 338 g/mol. The lowest BCUT2D eigenvalue weighted by Crippen LogP contribution is -2.07. The number of alkyl halides is 3. The number of rotatable bonds is 6. The molecule has 3 nitrogen and oxygen atoms in total. The molecule has 0 N–H and O–H groups in total. The van der Waals surface area contributed by atoms with Crippen LogP contribution in [0, 0.1) is 0 Å². The monoisotopic (exact) mass is 338 g/mol. The van der Waals surface area contributed by atoms with Gasteiger partial charge in [-0.15, -0.1) is 0 Å². The van der Waals surface area contributed by atoms with E-state index in [4.69, 9.17) is 9.47 Å². The molecule has 2 aromatic carbocycles. The molecule has 0 radical (unpaired) electrons. The fraction of sp³-hybridized carbons (Fsp3) is 0.278. The fourth-order valence-corrected chi connectivity index (χ4v) is 2.33. The van der Waals surface area contributed by atoms with Crippen molar-refractivity contribution in [2.45, 2.75) is 19.0 Å². The van der Waals surface area contributed by atoms with Gasteiger partial charge in [-0.3, -0.25) is 4.79 Å². The maximum absolute atomic E-state index is 12.7. The van der Waals surface area contributed by atoms with Crippen molar-refractivity contribution in [1.82, 2.24) is 0 Å². The summed E-state index contributed by atoms with van der Waals surface area (Å²) in [5.74, 6) is 0.700. The summed E-state index contributed by atoms with van der Waals surface area (Å²) >= 11 is 0. The summed E-state index contributed by atoms with van der Waals surface area (Å²) in [5, 5.41) is 0. The van der Waals surface area contributed by atoms with Crippen molar-refractivity contribution in [3.05, 3.63) is 59.2 Å². The van der Waals surface area contributed by atoms with E-state index in [1.165, 1.54) is 20.3 Å². The molecule has 6 heteroatoms. The van der Waals surface area contributed by atoms with E-state index in [0.717, 1.165) is 12.1 Å². The second kappa shape index (κ2) is 7.38. The van der Waals surface area contributed by atoms with Crippen LogP contribution in [0.4, 0.5) is 13.2 Å². The molecule has 0 aliphatic carbocycles. The van der Waals surface area contributed by atoms with Gasteiger partial charge in [-0.25, -0.2) is 0 Å². The molecule has 0 atom stereocenters. The number of hydrogen-bond acceptors (Lipinski definition) is 3. The molecule has 0 bridgehead atoms. The third-order valence-corrected chi connectivity index (χ3v) is 3.60. The van der Waals surface area contributed by atoms with Gasteiger partial charge in [0.1, 0.15) is 11.5 Å². The Labute approximate surface area is 138 Å². The van der Waals surface area contributed by atoms with Crippen LogP contribution in [0.2, 0.25) is 0 Å². The lowest BCUT2D eigenvalue weighted by Gasteiger charge is -2.11. The Morgan fingerprint density at radius 1 is 1.04 bits per heavy atom. The summed E-state index contributed by atoms with van der Waals surface area (Å²) in [7, 11) is 2.93. The van der Waals surface area contributed by atoms with E-state index in [0.29, 0.717) is 22.6 Å². The predicted molar refractivity (Wildman–Crippen MR) is 83.6 cm³/mol. The highest BCUT2D eigenvalue weighted by atomic mass is 19.4. The van der Waals surface area contributed by atoms with Crippen molar-refractivity contribution in [2.24, 2.45) is 0 Å². The molecule has 0 aliphatic heterocycles. The van der Waals surface area contributed by atoms with Gasteiger partial charge in [0.2, 0.25) is 0 Å². The van der Waals surface area contributed by atoms with E-state index >= 15 is 0 Å². The van der Waals surface area contributed by atoms with Gasteiger partial charge in [0.25, 0.3) is 0 Å². The number of carbonyl (C=O) groups excluding carboxylic acids is 1. The van der Waals surface area contributed by atoms with Gasteiger partial charge in [-0.2, -0.15) is 13.2 Å². The molecule has 128 valence electrons. The van der Waals surface area contributed by atoms with Crippen LogP contribution in [0.3, 0.4) is 0 Å². The van der Waals surface area contributed by atoms with Crippen molar-refractivity contribution < 1.29 is 27.4 Å². The average Bonchev–Trinajstić information content (AvgIpc) is 2.58. The zero-order valence-corrected chi connectivity index (χ0v) is 13.3. The van der Waals surface area contributed by atoms with Crippen molar-refractivity contribution in [3.8, 4) is 11.5 Å². The number of carbonyl (C=O) groups is 1. The zero-order valence-electron chi connectivity index (χ0n) is 13.3. The van der Waals surface area contributed by atoms with Crippen molar-refractivity contribution in [1.29, 1.82) is 0 Å². The number of aryl methyl sites for hydroxylation is 1. The Kier molecular flexibility index (Phi) is 5.49. The van der Waals surface area contributed by atoms with Crippen LogP contribution in [0.5, 0.6) is 11.5 Å². The van der Waals surface area contributed by atoms with Gasteiger partial charge in [0, 0.05) is 6.42 Å². The quantitative estimate of drug-likeness (QED) is 0.726. The van der Waals surface area contributed by atoms with Gasteiger partial charge in [0.05, 0.1) is 25.3 Å². The Morgan fingerprint density at radius 3 is 2.42 bits per heavy atom. The highest BCUT2D eigenvalue weighted by Crippen LogP contribution is 2.30. The summed E-state index contributed by atoms with van der Waals surface area (Å²) in [6.45, 7) is 0. The van der Waals surface area contributed by atoms with Crippen molar-refractivity contribution in [3.63, 3.8) is 0 Å². The number of ether oxygens (including phenoxy) is 2. The summed E-state index contributed by atoms with van der Waals surface area (Å²) in [6, 6.07) is 9.85. The van der Waals surface area contributed by atoms with Crippen LogP contribution in [0.15, 0.2) is 42.5 Å². The molecule has 2 rings (SSSR count). The first-order valence-electron chi connectivity index (χ1n) is 7.26. The topological polar surface area (TPSA) is 35.5 Å². The summed E-state index contributed by atoms with van der Waals surface area (Å²) in [4.78, 5) is 12.4. The molecule has 0 heterocycles. The number of Topliss-reactive ketones (excluding diaryl/α,β-unsaturated/α-hetero) is 1. The molecule has 0 spiro atoms. The second-order valence-electron chi connectivity index (χ2n) is 5.19. The Morgan fingerprint density at radius 2 is 1.79 bits per heavy atom. The van der Waals surface area contributed by atoms with Gasteiger partial charge in [0.15, 0.2) is 5.78 Å². The molecule has 24 heavy (non-hydrogen) atoms. The minimum atomic E-state index is -4.39. The fourth-order valence-electron chi connectivity index (χ4n) is 2.33. The van der Waals surface area contributed by atoms with Crippen LogP contribution in [-0.4, -0.2) is 20.0 Å². The minimum absolute atomic E-state index is 0.0742. The van der Waals surface area contributed by atoms with Crippen molar-refractivity contribution >= 4 is 5.78 Å². The van der Waals surface area contributed by atoms with E-state index < -0.39 is 11.7 Å². The van der Waals surface area contributed by atoms with Crippen molar-refractivity contribution in [2.75, 3.05) is 14.2 Å². The molecule has 2 aromatic rings. The van der Waals surface area contributed by atoms with E-state index in [9.17, 15) is 18.0 Å². The Hall–Kier alpha value is -2.50. The highest BCUT2D eigenvalue weighted by Gasteiger charge is 2.30. The standard InChI is InChI=1S/C18H17F3O3/c1-23-14-7-9-17(24-2)15(11-14)16(22)8-6-12-4-3-5-13(10-12)18(19,20)21/h3-5,7,9-11H,6,8H2,1-2H3. The first-order valence-corrected chi connectivity index (χ1v) is 7.26. The summed E-state index contributed by atoms with van der Waals surface area (Å²) < 4.78 is 48.4. The SMILES string of the molecule is COc1ccc(OC)c(C(=O)CCc2cccc(C(F)(F)F)c2)c1. The van der Waals surface area contributed by atoms with Gasteiger partial charge < -0.3 is 9.47 Å². The minimum Gasteiger partial charge on any atom is -0.497 e. The second-order valence-corrected chi connectivity index (χ2v) is 5.19. The Bertz CT molecular complexity index is 724. The largest absolute Gasteiger partial charge is 0.497 e. The number of halogens is 3. The van der Waals surface area contributed by atoms with E-state index in [2.05, 4.69) is 0 Å². The molecule has 0 aliphatic rings. The predicted octanol–water partition coefficient (Wildman–Crippen LogP) is 4.54. The lowest BCUT2D eigenvalue weighted by molar-refractivity contribution is -0.137. The molecule has 0 saturated heterocycles. The molecule has 0 aromatic heterocycles. The number of hydrogen-bond donors (Lipinski definition) is 0. The van der Waals surface area contributed by atoms with Crippen LogP contribution in [-0.2, 0) is 12.6 Å². The third kappa shape index (κ3) is 4.28. The maximum Gasteiger partial charge on any atom is 0.416 e. The van der Waals surface area contributed by atoms with Gasteiger partial charge in [-0.1, -0.05) is 18.2 Å². The molecule has 0 unspecified atom stereocenters. The van der Waals surface area contributed by atoms with Crippen LogP contribution >= 0.6 is 0 Å². The zero-order chi connectivity index (χ0) is 17.7. The van der Waals surface area contributed by atoms with Gasteiger partial charge >= 0.3 is 6.18 Å². The number of methoxy groups -OCH3 is 2. The molecular weight excluding hydrogens is 321 g/mol. The van der Waals surface area contributed by atoms with E-state index in [-0.39, 0.29) is 18.6 Å². The number of ketones is 1. The highest BCUT2D eigenvalue weighted by molar-refractivity contribution is 5.99. The summed E-state index contributed by atoms with van der Waals surface area (Å²) in [5.41, 5.74) is 0.0928. The number of benzene rings is 2. The molecule has 0 saturated carbocycles. The van der Waals surface area contributed by atoms with E-state index in [1.807, 2.05) is 0 Å². The summed E-state index contributed by atoms with van der Waals surface area (Å²) in [6.07, 6.45) is -4.11. The normalized spacial score (nSPS) is 11.2. The van der Waals surface area contributed by atoms with Crippen LogP contribution in [0.25, 0.3) is 0 Å². The lowest BCUT2D eigenvalue weighted by atomic mass is 10.0. The van der Waals surface area contributed by atoms with Gasteiger partial charge in [-0.05, 0) is 36.2 Å². The smallest absolute Gasteiger partial charge is 0.416 e. The van der Waals surface area contributed by atoms with Crippen LogP contribution < -0.4 is 9.47 Å².